The number of benzene rings is 1. The normalized spacial score (nSPS) is 18.1. The van der Waals surface area contributed by atoms with Crippen molar-refractivity contribution in [3.8, 4) is 0 Å². The van der Waals surface area contributed by atoms with Gasteiger partial charge in [0.15, 0.2) is 5.11 Å². The maximum Gasteiger partial charge on any atom is 0.310 e. The minimum Gasteiger partial charge on any atom is -0.466 e. The van der Waals surface area contributed by atoms with Crippen molar-refractivity contribution in [2.24, 2.45) is 11.1 Å². The summed E-state index contributed by atoms with van der Waals surface area (Å²) in [6, 6.07) is 6.02. The largest absolute Gasteiger partial charge is 0.466 e. The zero-order valence-corrected chi connectivity index (χ0v) is 15.0. The number of nitrogens with zero attached hydrogens (tertiary/aromatic N) is 1. The van der Waals surface area contributed by atoms with Gasteiger partial charge in [-0.15, -0.1) is 0 Å². The van der Waals surface area contributed by atoms with Crippen LogP contribution in [0.1, 0.15) is 19.8 Å². The van der Waals surface area contributed by atoms with Crippen molar-refractivity contribution >= 4 is 39.0 Å². The van der Waals surface area contributed by atoms with Gasteiger partial charge in [-0.25, -0.2) is 13.6 Å². The van der Waals surface area contributed by atoms with Gasteiger partial charge in [-0.1, -0.05) is 0 Å². The molecule has 7 nitrogen and oxygen atoms in total. The molecule has 0 amide bonds. The second-order valence-corrected chi connectivity index (χ2v) is 7.48. The van der Waals surface area contributed by atoms with Gasteiger partial charge in [-0.05, 0) is 56.2 Å². The van der Waals surface area contributed by atoms with E-state index in [1.165, 1.54) is 12.1 Å². The maximum absolute atomic E-state index is 11.9. The van der Waals surface area contributed by atoms with Gasteiger partial charge in [0.25, 0.3) is 0 Å². The Bertz CT molecular complexity index is 704. The quantitative estimate of drug-likeness (QED) is 0.608. The monoisotopic (exact) mass is 371 g/mol. The van der Waals surface area contributed by atoms with Gasteiger partial charge < -0.3 is 15.0 Å². The third-order valence-corrected chi connectivity index (χ3v) is 5.05. The van der Waals surface area contributed by atoms with Crippen molar-refractivity contribution in [1.82, 2.24) is 4.90 Å². The van der Waals surface area contributed by atoms with Crippen LogP contribution in [0.3, 0.4) is 0 Å². The highest BCUT2D eigenvalue weighted by molar-refractivity contribution is 7.89. The van der Waals surface area contributed by atoms with E-state index in [2.05, 4.69) is 5.32 Å². The topological polar surface area (TPSA) is 102 Å². The Morgan fingerprint density at radius 2 is 2.08 bits per heavy atom. The highest BCUT2D eigenvalue weighted by Crippen LogP contribution is 2.20. The molecule has 132 valence electrons. The molecule has 0 bridgehead atoms. The minimum atomic E-state index is -3.71. The Morgan fingerprint density at radius 3 is 2.67 bits per heavy atom. The number of rotatable bonds is 4. The van der Waals surface area contributed by atoms with E-state index in [9.17, 15) is 13.2 Å². The molecule has 1 aliphatic rings. The Hall–Kier alpha value is -1.71. The number of nitrogens with one attached hydrogen (secondary N) is 1. The van der Waals surface area contributed by atoms with Gasteiger partial charge in [0.1, 0.15) is 0 Å². The van der Waals surface area contributed by atoms with Crippen LogP contribution < -0.4 is 10.5 Å². The summed E-state index contributed by atoms with van der Waals surface area (Å²) in [5.41, 5.74) is 0.658. The van der Waals surface area contributed by atoms with Gasteiger partial charge in [-0.3, -0.25) is 4.79 Å². The van der Waals surface area contributed by atoms with Crippen LogP contribution in [0.4, 0.5) is 5.69 Å². The smallest absolute Gasteiger partial charge is 0.310 e. The van der Waals surface area contributed by atoms with Crippen molar-refractivity contribution in [2.45, 2.75) is 24.7 Å². The molecule has 1 saturated heterocycles. The fourth-order valence-corrected chi connectivity index (χ4v) is 3.34. The van der Waals surface area contributed by atoms with Crippen LogP contribution in [0.2, 0.25) is 0 Å². The van der Waals surface area contributed by atoms with Gasteiger partial charge >= 0.3 is 5.97 Å². The number of anilines is 1. The lowest BCUT2D eigenvalue weighted by molar-refractivity contribution is -0.149. The highest BCUT2D eigenvalue weighted by atomic mass is 32.2. The molecule has 0 spiro atoms. The van der Waals surface area contributed by atoms with Crippen LogP contribution >= 0.6 is 12.2 Å². The number of carbonyl (C=O) groups is 1. The molecule has 1 aromatic carbocycles. The third kappa shape index (κ3) is 4.89. The molecule has 0 aromatic heterocycles. The summed E-state index contributed by atoms with van der Waals surface area (Å²) in [4.78, 5) is 13.8. The molecule has 1 aliphatic heterocycles. The number of piperidine rings is 1. The highest BCUT2D eigenvalue weighted by Gasteiger charge is 2.28. The van der Waals surface area contributed by atoms with Crippen LogP contribution in [-0.4, -0.2) is 44.1 Å². The first kappa shape index (κ1) is 18.6. The molecule has 1 unspecified atom stereocenters. The van der Waals surface area contributed by atoms with Crippen LogP contribution in [0.15, 0.2) is 29.2 Å². The lowest BCUT2D eigenvalue weighted by Gasteiger charge is -2.33. The zero-order chi connectivity index (χ0) is 17.7. The first-order chi connectivity index (χ1) is 11.3. The average Bonchev–Trinajstić information content (AvgIpc) is 2.55. The summed E-state index contributed by atoms with van der Waals surface area (Å²) in [6.07, 6.45) is 1.65. The summed E-state index contributed by atoms with van der Waals surface area (Å²) >= 11 is 5.39. The predicted molar refractivity (Wildman–Crippen MR) is 95.0 cm³/mol. The molecule has 2 rings (SSSR count). The van der Waals surface area contributed by atoms with E-state index in [1.807, 2.05) is 4.90 Å². The van der Waals surface area contributed by atoms with Gasteiger partial charge in [0.05, 0.1) is 17.4 Å². The first-order valence-corrected chi connectivity index (χ1v) is 9.62. The number of carbonyl (C=O) groups excluding carboxylic acids is 1. The molecule has 0 radical (unpaired) electrons. The van der Waals surface area contributed by atoms with Crippen LogP contribution in [0.5, 0.6) is 0 Å². The SMILES string of the molecule is CCOC(=O)C1CCCN(C(=S)Nc2ccc(S(N)(=O)=O)cc2)C1. The Balaban J connectivity index is 1.97. The van der Waals surface area contributed by atoms with E-state index in [0.717, 1.165) is 19.4 Å². The summed E-state index contributed by atoms with van der Waals surface area (Å²) < 4.78 is 27.6. The average molecular weight is 371 g/mol. The fraction of sp³-hybridized carbons (Fsp3) is 0.467. The summed E-state index contributed by atoms with van der Waals surface area (Å²) in [5, 5.41) is 8.61. The van der Waals surface area contributed by atoms with Crippen LogP contribution in [-0.2, 0) is 19.6 Å². The lowest BCUT2D eigenvalue weighted by atomic mass is 9.98. The van der Waals surface area contributed by atoms with Crippen molar-refractivity contribution in [1.29, 1.82) is 0 Å². The number of ether oxygens (including phenoxy) is 1. The van der Waals surface area contributed by atoms with E-state index >= 15 is 0 Å². The molecule has 3 N–H and O–H groups in total. The number of primary sulfonamides is 1. The molecule has 1 heterocycles. The Kier molecular flexibility index (Phi) is 6.14. The third-order valence-electron chi connectivity index (χ3n) is 3.76. The second-order valence-electron chi connectivity index (χ2n) is 5.54. The fourth-order valence-electron chi connectivity index (χ4n) is 2.54. The van der Waals surface area contributed by atoms with Gasteiger partial charge in [0.2, 0.25) is 10.0 Å². The zero-order valence-electron chi connectivity index (χ0n) is 13.4. The standard InChI is InChI=1S/C15H21N3O4S2/c1-2-22-14(19)11-4-3-9-18(10-11)15(23)17-12-5-7-13(8-6-12)24(16,20)21/h5-8,11H,2-4,9-10H2,1H3,(H,17,23)(H2,16,20,21). The number of nitrogens with two attached hydrogens (primary N) is 1. The number of hydrogen-bond donors (Lipinski definition) is 2. The molecule has 1 atom stereocenters. The molecule has 24 heavy (non-hydrogen) atoms. The molecule has 0 aliphatic carbocycles. The lowest BCUT2D eigenvalue weighted by Crippen LogP contribution is -2.44. The maximum atomic E-state index is 11.9. The van der Waals surface area contributed by atoms with Crippen molar-refractivity contribution in [2.75, 3.05) is 25.0 Å². The van der Waals surface area contributed by atoms with E-state index < -0.39 is 10.0 Å². The van der Waals surface area contributed by atoms with Crippen LogP contribution in [0, 0.1) is 5.92 Å². The predicted octanol–water partition coefficient (Wildman–Crippen LogP) is 1.31. The summed E-state index contributed by atoms with van der Waals surface area (Å²) in [6.45, 7) is 3.43. The number of hydrogen-bond acceptors (Lipinski definition) is 5. The van der Waals surface area contributed by atoms with E-state index in [4.69, 9.17) is 22.1 Å². The van der Waals surface area contributed by atoms with Crippen molar-refractivity contribution < 1.29 is 17.9 Å². The molecule has 0 saturated carbocycles. The van der Waals surface area contributed by atoms with Gasteiger partial charge in [0, 0.05) is 18.8 Å². The number of sulfonamides is 1. The van der Waals surface area contributed by atoms with E-state index in [-0.39, 0.29) is 16.8 Å². The number of thiocarbonyl (C=S) groups is 1. The molecule has 9 heteroatoms. The minimum absolute atomic E-state index is 0.0410. The second kappa shape index (κ2) is 7.91. The molecule has 1 fully saturated rings. The number of likely N-dealkylation sites (tertiary alicyclic amines) is 1. The Labute approximate surface area is 147 Å². The van der Waals surface area contributed by atoms with E-state index in [1.54, 1.807) is 19.1 Å². The summed E-state index contributed by atoms with van der Waals surface area (Å²) in [7, 11) is -3.71. The van der Waals surface area contributed by atoms with Gasteiger partial charge in [-0.2, -0.15) is 0 Å². The summed E-state index contributed by atoms with van der Waals surface area (Å²) in [5.74, 6) is -0.370. The van der Waals surface area contributed by atoms with E-state index in [0.29, 0.717) is 24.0 Å². The number of esters is 1. The molecular formula is C15H21N3O4S2. The van der Waals surface area contributed by atoms with Crippen molar-refractivity contribution in [3.05, 3.63) is 24.3 Å². The first-order valence-electron chi connectivity index (χ1n) is 7.66. The van der Waals surface area contributed by atoms with Crippen LogP contribution in [0.25, 0.3) is 0 Å². The van der Waals surface area contributed by atoms with Crippen molar-refractivity contribution in [3.63, 3.8) is 0 Å². The Morgan fingerprint density at radius 1 is 1.42 bits per heavy atom. The molecular weight excluding hydrogens is 350 g/mol. The molecule has 1 aromatic rings.